The molecule has 0 bridgehead atoms. The number of nitrogens with zero attached hydrogens (tertiary/aromatic N) is 1. The zero-order chi connectivity index (χ0) is 23.6. The number of ether oxygens (including phenoxy) is 2. The third kappa shape index (κ3) is 6.23. The van der Waals surface area contributed by atoms with Gasteiger partial charge >= 0.3 is 0 Å². The third-order valence-electron chi connectivity index (χ3n) is 4.97. The van der Waals surface area contributed by atoms with E-state index in [0.29, 0.717) is 30.3 Å². The Morgan fingerprint density at radius 1 is 0.765 bits per heavy atom. The number of benzene rings is 4. The highest BCUT2D eigenvalue weighted by atomic mass is 16.5. The summed E-state index contributed by atoms with van der Waals surface area (Å²) in [5.41, 5.74) is 5.37. The van der Waals surface area contributed by atoms with Crippen LogP contribution in [0.1, 0.15) is 27.0 Å². The van der Waals surface area contributed by atoms with Crippen LogP contribution < -0.4 is 14.9 Å². The Labute approximate surface area is 198 Å². The van der Waals surface area contributed by atoms with Gasteiger partial charge < -0.3 is 14.6 Å². The van der Waals surface area contributed by atoms with Crippen LogP contribution in [0.2, 0.25) is 0 Å². The quantitative estimate of drug-likeness (QED) is 0.266. The molecule has 0 fully saturated rings. The lowest BCUT2D eigenvalue weighted by Crippen LogP contribution is -2.17. The van der Waals surface area contributed by atoms with Crippen molar-refractivity contribution in [3.8, 4) is 17.2 Å². The molecular formula is C28H24N2O4. The highest BCUT2D eigenvalue weighted by Crippen LogP contribution is 2.29. The topological polar surface area (TPSA) is 80.2 Å². The van der Waals surface area contributed by atoms with Gasteiger partial charge in [0.05, 0.1) is 11.8 Å². The summed E-state index contributed by atoms with van der Waals surface area (Å²) in [7, 11) is 0. The first-order valence-corrected chi connectivity index (χ1v) is 10.8. The van der Waals surface area contributed by atoms with Crippen LogP contribution >= 0.6 is 0 Å². The molecule has 0 aromatic heterocycles. The molecule has 2 N–H and O–H groups in total. The molecule has 6 nitrogen and oxygen atoms in total. The van der Waals surface area contributed by atoms with Crippen LogP contribution in [-0.2, 0) is 13.2 Å². The second kappa shape index (κ2) is 11.3. The van der Waals surface area contributed by atoms with E-state index in [1.54, 1.807) is 18.2 Å². The number of amides is 1. The molecule has 0 spiro atoms. The highest BCUT2D eigenvalue weighted by Gasteiger charge is 2.10. The van der Waals surface area contributed by atoms with Crippen molar-refractivity contribution in [3.05, 3.63) is 125 Å². The molecule has 170 valence electrons. The summed E-state index contributed by atoms with van der Waals surface area (Å²) in [6, 6.07) is 31.5. The smallest absolute Gasteiger partial charge is 0.275 e. The summed E-state index contributed by atoms with van der Waals surface area (Å²) in [4.78, 5) is 12.2. The Morgan fingerprint density at radius 2 is 1.35 bits per heavy atom. The van der Waals surface area contributed by atoms with E-state index in [4.69, 9.17) is 9.47 Å². The van der Waals surface area contributed by atoms with Gasteiger partial charge in [0.1, 0.15) is 19.0 Å². The molecule has 1 amide bonds. The predicted molar refractivity (Wildman–Crippen MR) is 131 cm³/mol. The average molecular weight is 453 g/mol. The lowest BCUT2D eigenvalue weighted by Gasteiger charge is -2.14. The van der Waals surface area contributed by atoms with E-state index in [1.165, 1.54) is 18.3 Å². The van der Waals surface area contributed by atoms with E-state index < -0.39 is 5.91 Å². The van der Waals surface area contributed by atoms with Gasteiger partial charge in [-0.1, -0.05) is 72.8 Å². The molecule has 6 heteroatoms. The summed E-state index contributed by atoms with van der Waals surface area (Å²) in [5, 5.41) is 13.8. The first-order chi connectivity index (χ1) is 16.7. The van der Waals surface area contributed by atoms with Crippen LogP contribution in [-0.4, -0.2) is 17.2 Å². The van der Waals surface area contributed by atoms with Crippen molar-refractivity contribution in [1.82, 2.24) is 5.43 Å². The van der Waals surface area contributed by atoms with Gasteiger partial charge in [0.2, 0.25) is 0 Å². The normalized spacial score (nSPS) is 10.7. The van der Waals surface area contributed by atoms with Gasteiger partial charge in [-0.2, -0.15) is 5.10 Å². The maximum absolute atomic E-state index is 12.2. The summed E-state index contributed by atoms with van der Waals surface area (Å²) in [6.45, 7) is 0.791. The number of phenols is 1. The predicted octanol–water partition coefficient (Wildman–Crippen LogP) is 5.31. The summed E-state index contributed by atoms with van der Waals surface area (Å²) in [5.74, 6) is 0.565. The number of aromatic hydroxyl groups is 1. The van der Waals surface area contributed by atoms with Crippen molar-refractivity contribution in [3.63, 3.8) is 0 Å². The summed E-state index contributed by atoms with van der Waals surface area (Å²) < 4.78 is 12.1. The number of hydrazone groups is 1. The van der Waals surface area contributed by atoms with Crippen LogP contribution in [0.25, 0.3) is 0 Å². The number of hydrogen-bond acceptors (Lipinski definition) is 5. The maximum atomic E-state index is 12.2. The molecule has 0 aliphatic heterocycles. The van der Waals surface area contributed by atoms with Gasteiger partial charge in [-0.25, -0.2) is 5.43 Å². The molecule has 4 aromatic carbocycles. The van der Waals surface area contributed by atoms with Gasteiger partial charge in [0.25, 0.3) is 5.91 Å². The SMILES string of the molecule is O=C(NN=Cc1ccc(OCc2ccccc2)c(OCc2ccccc2)c1)c1ccccc1O. The molecule has 4 rings (SSSR count). The number of carbonyl (C=O) groups excluding carboxylic acids is 1. The Balaban J connectivity index is 1.48. The van der Waals surface area contributed by atoms with Gasteiger partial charge in [0.15, 0.2) is 11.5 Å². The van der Waals surface area contributed by atoms with Crippen LogP contribution in [0.3, 0.4) is 0 Å². The number of hydrogen-bond donors (Lipinski definition) is 2. The van der Waals surface area contributed by atoms with E-state index in [0.717, 1.165) is 11.1 Å². The van der Waals surface area contributed by atoms with E-state index in [9.17, 15) is 9.90 Å². The van der Waals surface area contributed by atoms with Crippen LogP contribution in [0, 0.1) is 0 Å². The molecule has 4 aromatic rings. The van der Waals surface area contributed by atoms with Crippen LogP contribution in [0.5, 0.6) is 17.2 Å². The molecule has 0 saturated heterocycles. The maximum Gasteiger partial charge on any atom is 0.275 e. The molecule has 0 heterocycles. The van der Waals surface area contributed by atoms with E-state index >= 15 is 0 Å². The van der Waals surface area contributed by atoms with Gasteiger partial charge in [-0.05, 0) is 47.0 Å². The molecule has 0 aliphatic rings. The number of carbonyl (C=O) groups is 1. The highest BCUT2D eigenvalue weighted by molar-refractivity contribution is 5.97. The fourth-order valence-corrected chi connectivity index (χ4v) is 3.20. The van der Waals surface area contributed by atoms with Crippen molar-refractivity contribution >= 4 is 12.1 Å². The minimum absolute atomic E-state index is 0.105. The number of para-hydroxylation sites is 1. The third-order valence-corrected chi connectivity index (χ3v) is 4.97. The summed E-state index contributed by atoms with van der Waals surface area (Å²) in [6.07, 6.45) is 1.51. The molecule has 0 radical (unpaired) electrons. The van der Waals surface area contributed by atoms with Crippen LogP contribution in [0.15, 0.2) is 108 Å². The summed E-state index contributed by atoms with van der Waals surface area (Å²) >= 11 is 0. The molecule has 0 saturated carbocycles. The van der Waals surface area contributed by atoms with E-state index in [2.05, 4.69) is 10.5 Å². The van der Waals surface area contributed by atoms with Crippen LogP contribution in [0.4, 0.5) is 0 Å². The minimum atomic E-state index is -0.502. The zero-order valence-corrected chi connectivity index (χ0v) is 18.4. The van der Waals surface area contributed by atoms with Gasteiger partial charge in [0, 0.05) is 0 Å². The number of rotatable bonds is 9. The van der Waals surface area contributed by atoms with Crippen molar-refractivity contribution in [2.45, 2.75) is 13.2 Å². The fraction of sp³-hybridized carbons (Fsp3) is 0.0714. The Hall–Kier alpha value is -4.58. The number of nitrogens with one attached hydrogen (secondary N) is 1. The van der Waals surface area contributed by atoms with Gasteiger partial charge in [-0.3, -0.25) is 4.79 Å². The Kier molecular flexibility index (Phi) is 7.54. The second-order valence-corrected chi connectivity index (χ2v) is 7.47. The first kappa shape index (κ1) is 22.6. The van der Waals surface area contributed by atoms with Crippen molar-refractivity contribution < 1.29 is 19.4 Å². The van der Waals surface area contributed by atoms with E-state index in [-0.39, 0.29) is 11.3 Å². The fourth-order valence-electron chi connectivity index (χ4n) is 3.20. The average Bonchev–Trinajstić information content (AvgIpc) is 2.88. The Morgan fingerprint density at radius 3 is 2.00 bits per heavy atom. The van der Waals surface area contributed by atoms with Crippen molar-refractivity contribution in [2.24, 2.45) is 5.10 Å². The van der Waals surface area contributed by atoms with Crippen molar-refractivity contribution in [1.29, 1.82) is 0 Å². The molecule has 0 atom stereocenters. The standard InChI is InChI=1S/C28H24N2O4/c31-25-14-8-7-13-24(25)28(32)30-29-18-23-15-16-26(33-19-21-9-3-1-4-10-21)27(17-23)34-20-22-11-5-2-6-12-22/h1-18,31H,19-20H2,(H,30,32). The minimum Gasteiger partial charge on any atom is -0.507 e. The lowest BCUT2D eigenvalue weighted by molar-refractivity contribution is 0.0952. The van der Waals surface area contributed by atoms with Crippen molar-refractivity contribution in [2.75, 3.05) is 0 Å². The van der Waals surface area contributed by atoms with E-state index in [1.807, 2.05) is 72.8 Å². The zero-order valence-electron chi connectivity index (χ0n) is 18.4. The first-order valence-electron chi connectivity index (χ1n) is 10.8. The van der Waals surface area contributed by atoms with Gasteiger partial charge in [-0.15, -0.1) is 0 Å². The molecular weight excluding hydrogens is 428 g/mol. The number of phenolic OH excluding ortho intramolecular Hbond substituents is 1. The second-order valence-electron chi connectivity index (χ2n) is 7.47. The lowest BCUT2D eigenvalue weighted by atomic mass is 10.2. The molecule has 34 heavy (non-hydrogen) atoms. The molecule has 0 aliphatic carbocycles. The molecule has 0 unspecified atom stereocenters. The monoisotopic (exact) mass is 452 g/mol. The Bertz CT molecular complexity index is 1260. The largest absolute Gasteiger partial charge is 0.507 e.